The van der Waals surface area contributed by atoms with E-state index in [1.165, 1.54) is 0 Å². The maximum Gasteiger partial charge on any atom is 0.254 e. The van der Waals surface area contributed by atoms with Crippen LogP contribution in [0.2, 0.25) is 0 Å². The van der Waals surface area contributed by atoms with Gasteiger partial charge in [-0.2, -0.15) is 0 Å². The molecule has 0 aliphatic carbocycles. The fourth-order valence-corrected chi connectivity index (χ4v) is 4.17. The molecule has 0 atom stereocenters. The molecule has 34 heavy (non-hydrogen) atoms. The standard InChI is InChI=1S/C26H34N4O4/c1-8-34-22-11-16-13-30(24(27)17(16)12-18(22)25(32)29-6)14-21(31)15-9-19(26(2,3)4)23(33-7)20(10-15)28-5/h9-12,27-28H,8,13-14H2,1-7H3,(H,29,32). The molecule has 0 spiro atoms. The molecule has 0 saturated heterocycles. The quantitative estimate of drug-likeness (QED) is 0.511. The average molecular weight is 467 g/mol. The van der Waals surface area contributed by atoms with Gasteiger partial charge in [-0.15, -0.1) is 0 Å². The molecule has 0 saturated carbocycles. The smallest absolute Gasteiger partial charge is 0.254 e. The maximum atomic E-state index is 13.3. The molecule has 1 aliphatic rings. The number of anilines is 1. The van der Waals surface area contributed by atoms with Crippen molar-refractivity contribution in [3.05, 3.63) is 52.1 Å². The minimum absolute atomic E-state index is 0.0475. The molecule has 8 nitrogen and oxygen atoms in total. The molecule has 1 amide bonds. The largest absolute Gasteiger partial charge is 0.494 e. The van der Waals surface area contributed by atoms with Gasteiger partial charge in [0.2, 0.25) is 0 Å². The van der Waals surface area contributed by atoms with Gasteiger partial charge in [0.1, 0.15) is 17.3 Å². The molecule has 0 unspecified atom stereocenters. The van der Waals surface area contributed by atoms with E-state index in [1.807, 2.05) is 13.0 Å². The van der Waals surface area contributed by atoms with E-state index in [1.54, 1.807) is 44.3 Å². The fraction of sp³-hybridized carbons (Fsp3) is 0.423. The molecule has 2 aromatic carbocycles. The van der Waals surface area contributed by atoms with Gasteiger partial charge >= 0.3 is 0 Å². The first-order valence-corrected chi connectivity index (χ1v) is 11.3. The van der Waals surface area contributed by atoms with Crippen LogP contribution < -0.4 is 20.1 Å². The number of hydrogen-bond acceptors (Lipinski definition) is 6. The summed E-state index contributed by atoms with van der Waals surface area (Å²) >= 11 is 0. The first-order valence-electron chi connectivity index (χ1n) is 11.3. The number of nitrogens with zero attached hydrogens (tertiary/aromatic N) is 1. The van der Waals surface area contributed by atoms with Crippen molar-refractivity contribution in [2.45, 2.75) is 39.7 Å². The second-order valence-electron chi connectivity index (χ2n) is 9.25. The third kappa shape index (κ3) is 4.71. The van der Waals surface area contributed by atoms with Gasteiger partial charge in [-0.25, -0.2) is 0 Å². The lowest BCUT2D eigenvalue weighted by Crippen LogP contribution is -2.30. The number of amidine groups is 1. The Kier molecular flexibility index (Phi) is 7.19. The van der Waals surface area contributed by atoms with Crippen LogP contribution in [0.1, 0.15) is 65.1 Å². The number of ether oxygens (including phenoxy) is 2. The summed E-state index contributed by atoms with van der Waals surface area (Å²) in [6.45, 7) is 8.95. The lowest BCUT2D eigenvalue weighted by Gasteiger charge is -2.25. The number of benzene rings is 2. The summed E-state index contributed by atoms with van der Waals surface area (Å²) in [4.78, 5) is 27.4. The van der Waals surface area contributed by atoms with Crippen molar-refractivity contribution in [1.29, 1.82) is 5.41 Å². The van der Waals surface area contributed by atoms with E-state index in [9.17, 15) is 9.59 Å². The minimum Gasteiger partial charge on any atom is -0.494 e. The summed E-state index contributed by atoms with van der Waals surface area (Å²) < 4.78 is 11.3. The number of nitrogens with one attached hydrogen (secondary N) is 3. The zero-order valence-electron chi connectivity index (χ0n) is 21.0. The van der Waals surface area contributed by atoms with E-state index < -0.39 is 0 Å². The van der Waals surface area contributed by atoms with Crippen molar-refractivity contribution in [2.75, 3.05) is 39.7 Å². The molecule has 8 heteroatoms. The molecular weight excluding hydrogens is 432 g/mol. The van der Waals surface area contributed by atoms with Crippen LogP contribution in [-0.4, -0.2) is 56.8 Å². The van der Waals surface area contributed by atoms with Crippen LogP contribution in [0.15, 0.2) is 24.3 Å². The number of ketones is 1. The molecule has 2 aromatic rings. The fourth-order valence-electron chi connectivity index (χ4n) is 4.17. The number of fused-ring (bicyclic) bond motifs is 1. The number of carbonyl (C=O) groups excluding carboxylic acids is 2. The van der Waals surface area contributed by atoms with Crippen molar-refractivity contribution >= 4 is 23.2 Å². The van der Waals surface area contributed by atoms with Crippen LogP contribution in [0.25, 0.3) is 0 Å². The van der Waals surface area contributed by atoms with Crippen molar-refractivity contribution in [1.82, 2.24) is 10.2 Å². The first-order chi connectivity index (χ1) is 16.0. The van der Waals surface area contributed by atoms with Crippen LogP contribution in [0.4, 0.5) is 5.69 Å². The third-order valence-corrected chi connectivity index (χ3v) is 5.94. The highest BCUT2D eigenvalue weighted by Crippen LogP contribution is 2.38. The van der Waals surface area contributed by atoms with Crippen LogP contribution >= 0.6 is 0 Å². The molecule has 1 aliphatic heterocycles. The van der Waals surface area contributed by atoms with E-state index in [0.29, 0.717) is 35.6 Å². The zero-order valence-corrected chi connectivity index (χ0v) is 21.0. The molecule has 3 N–H and O–H groups in total. The Morgan fingerprint density at radius 1 is 1.15 bits per heavy atom. The molecule has 0 aromatic heterocycles. The van der Waals surface area contributed by atoms with Crippen molar-refractivity contribution < 1.29 is 19.1 Å². The highest BCUT2D eigenvalue weighted by atomic mass is 16.5. The molecule has 0 bridgehead atoms. The number of rotatable bonds is 8. The van der Waals surface area contributed by atoms with Gasteiger partial charge in [0.25, 0.3) is 5.91 Å². The van der Waals surface area contributed by atoms with E-state index in [-0.39, 0.29) is 29.5 Å². The van der Waals surface area contributed by atoms with Gasteiger partial charge in [0.05, 0.1) is 31.5 Å². The number of Topliss-reactive ketones (excluding diaryl/α,β-unsaturated/α-hetero) is 1. The summed E-state index contributed by atoms with van der Waals surface area (Å²) in [6.07, 6.45) is 0. The van der Waals surface area contributed by atoms with E-state index in [2.05, 4.69) is 31.4 Å². The third-order valence-electron chi connectivity index (χ3n) is 5.94. The SMILES string of the molecule is CCOc1cc2c(cc1C(=O)NC)C(=N)N(CC(=O)c1cc(NC)c(OC)c(C(C)(C)C)c1)C2. The summed E-state index contributed by atoms with van der Waals surface area (Å²) in [5.41, 5.74) is 3.88. The summed E-state index contributed by atoms with van der Waals surface area (Å²) in [6, 6.07) is 7.15. The Labute approximate surface area is 201 Å². The molecule has 3 rings (SSSR count). The van der Waals surface area contributed by atoms with Crippen molar-refractivity contribution in [3.8, 4) is 11.5 Å². The Morgan fingerprint density at radius 2 is 1.85 bits per heavy atom. The van der Waals surface area contributed by atoms with Crippen LogP contribution in [0.5, 0.6) is 11.5 Å². The highest BCUT2D eigenvalue weighted by Gasteiger charge is 2.30. The van der Waals surface area contributed by atoms with Gasteiger partial charge < -0.3 is 25.0 Å². The zero-order chi connectivity index (χ0) is 25.2. The number of methoxy groups -OCH3 is 1. The van der Waals surface area contributed by atoms with Gasteiger partial charge in [-0.3, -0.25) is 15.0 Å². The predicted molar refractivity (Wildman–Crippen MR) is 134 cm³/mol. The normalized spacial score (nSPS) is 12.9. The average Bonchev–Trinajstić information content (AvgIpc) is 3.10. The molecule has 182 valence electrons. The predicted octanol–water partition coefficient (Wildman–Crippen LogP) is 3.82. The molecule has 0 fully saturated rings. The van der Waals surface area contributed by atoms with E-state index >= 15 is 0 Å². The van der Waals surface area contributed by atoms with E-state index in [0.717, 1.165) is 22.6 Å². The van der Waals surface area contributed by atoms with Gasteiger partial charge in [-0.1, -0.05) is 20.8 Å². The Bertz CT molecular complexity index is 1130. The Balaban J connectivity index is 1.92. The van der Waals surface area contributed by atoms with Crippen LogP contribution in [-0.2, 0) is 12.0 Å². The lowest BCUT2D eigenvalue weighted by atomic mass is 9.84. The first kappa shape index (κ1) is 25.1. The summed E-state index contributed by atoms with van der Waals surface area (Å²) in [5, 5.41) is 14.4. The second-order valence-corrected chi connectivity index (χ2v) is 9.25. The number of carbonyl (C=O) groups is 2. The topological polar surface area (TPSA) is 104 Å². The minimum atomic E-state index is -0.277. The van der Waals surface area contributed by atoms with Crippen molar-refractivity contribution in [3.63, 3.8) is 0 Å². The lowest BCUT2D eigenvalue weighted by molar-refractivity contribution is 0.0953. The van der Waals surface area contributed by atoms with Crippen LogP contribution in [0, 0.1) is 5.41 Å². The Hall–Kier alpha value is -3.55. The van der Waals surface area contributed by atoms with E-state index in [4.69, 9.17) is 14.9 Å². The number of hydrogen-bond donors (Lipinski definition) is 3. The summed E-state index contributed by atoms with van der Waals surface area (Å²) in [5.74, 6) is 1.04. The van der Waals surface area contributed by atoms with Crippen LogP contribution in [0.3, 0.4) is 0 Å². The Morgan fingerprint density at radius 3 is 2.41 bits per heavy atom. The maximum absolute atomic E-state index is 13.3. The van der Waals surface area contributed by atoms with Gasteiger partial charge in [0, 0.05) is 37.3 Å². The number of amides is 1. The monoisotopic (exact) mass is 466 g/mol. The second kappa shape index (κ2) is 9.75. The summed E-state index contributed by atoms with van der Waals surface area (Å²) in [7, 11) is 4.98. The molecule has 1 heterocycles. The molecular formula is C26H34N4O4. The van der Waals surface area contributed by atoms with Crippen molar-refractivity contribution in [2.24, 2.45) is 0 Å². The molecule has 0 radical (unpaired) electrons. The van der Waals surface area contributed by atoms with Gasteiger partial charge in [-0.05, 0) is 42.2 Å². The van der Waals surface area contributed by atoms with Gasteiger partial charge in [0.15, 0.2) is 5.78 Å². The highest BCUT2D eigenvalue weighted by molar-refractivity contribution is 6.07.